The number of carboxylic acid groups (broad SMARTS) is 1. The Kier molecular flexibility index (Phi) is 7.23. The molecule has 0 fully saturated rings. The third-order valence-electron chi connectivity index (χ3n) is 1.41. The minimum absolute atomic E-state index is 0.102. The summed E-state index contributed by atoms with van der Waals surface area (Å²) in [5, 5.41) is 19.5. The van der Waals surface area contributed by atoms with Crippen LogP contribution in [0.5, 0.6) is 0 Å². The molecular formula is C8H15NO4S. The standard InChI is InChI=1S/C8H15NO4S/c1-6(11)9-7(8(12)13)5-14-4-2-3-10/h7,10H,2-5H2,1H3,(H,9,11)(H,12,13)/t7-/m0/s1/i5+1,7+1,8+1,9+1. The van der Waals surface area contributed by atoms with Crippen molar-refractivity contribution in [1.82, 2.24) is 5.32 Å². The number of carbonyl (C=O) groups excluding carboxylic acids is 1. The second-order valence-electron chi connectivity index (χ2n) is 2.74. The molecule has 0 aliphatic carbocycles. The van der Waals surface area contributed by atoms with Crippen molar-refractivity contribution in [2.75, 3.05) is 18.1 Å². The molecule has 0 aromatic heterocycles. The minimum Gasteiger partial charge on any atom is -0.480 e. The summed E-state index contributed by atoms with van der Waals surface area (Å²) in [7, 11) is 0. The summed E-state index contributed by atoms with van der Waals surface area (Å²) in [6.45, 7) is 1.39. The van der Waals surface area contributed by atoms with E-state index < -0.39 is 12.0 Å². The molecule has 0 spiro atoms. The second-order valence-corrected chi connectivity index (χ2v) is 3.89. The van der Waals surface area contributed by atoms with Crippen LogP contribution < -0.4 is 5.32 Å². The van der Waals surface area contributed by atoms with Crippen molar-refractivity contribution in [3.05, 3.63) is 0 Å². The van der Waals surface area contributed by atoms with Crippen molar-refractivity contribution in [3.8, 4) is 0 Å². The molecule has 0 heterocycles. The quantitative estimate of drug-likeness (QED) is 0.314. The van der Waals surface area contributed by atoms with Gasteiger partial charge < -0.3 is 15.5 Å². The Morgan fingerprint density at radius 1 is 1.50 bits per heavy atom. The molecule has 82 valence electrons. The zero-order valence-corrected chi connectivity index (χ0v) is 8.84. The number of carbonyl (C=O) groups is 2. The van der Waals surface area contributed by atoms with E-state index in [2.05, 4.69) is 5.32 Å². The Morgan fingerprint density at radius 2 is 2.14 bits per heavy atom. The number of aliphatic hydroxyl groups is 1. The number of rotatable bonds is 7. The van der Waals surface area contributed by atoms with Crippen molar-refractivity contribution in [2.24, 2.45) is 0 Å². The van der Waals surface area contributed by atoms with E-state index in [4.69, 9.17) is 10.2 Å². The molecule has 14 heavy (non-hydrogen) atoms. The third-order valence-corrected chi connectivity index (χ3v) is 2.55. The summed E-state index contributed by atoms with van der Waals surface area (Å²) in [6, 6.07) is -0.837. The fraction of sp³-hybridized carbons (Fsp3) is 0.750. The molecule has 3 N–H and O–H groups in total. The number of hydrogen-bond acceptors (Lipinski definition) is 4. The van der Waals surface area contributed by atoms with Gasteiger partial charge in [-0.1, -0.05) is 0 Å². The van der Waals surface area contributed by atoms with E-state index in [1.165, 1.54) is 18.7 Å². The third kappa shape index (κ3) is 6.73. The molecule has 5 nitrogen and oxygen atoms in total. The van der Waals surface area contributed by atoms with Crippen LogP contribution in [0.15, 0.2) is 0 Å². The predicted molar refractivity (Wildman–Crippen MR) is 54.3 cm³/mol. The molecule has 0 bridgehead atoms. The smallest absolute Gasteiger partial charge is 0.327 e. The van der Waals surface area contributed by atoms with E-state index in [0.29, 0.717) is 17.9 Å². The Labute approximate surface area is 86.9 Å². The lowest BCUT2D eigenvalue weighted by atomic mass is 10.5. The average molecular weight is 225 g/mol. The topological polar surface area (TPSA) is 86.6 Å². The molecule has 0 radical (unpaired) electrons. The number of aliphatic carboxylic acids is 1. The van der Waals surface area contributed by atoms with Gasteiger partial charge in [0.15, 0.2) is 0 Å². The average Bonchev–Trinajstić information content (AvgIpc) is 2.09. The summed E-state index contributed by atoms with van der Waals surface area (Å²) in [5.41, 5.74) is 0. The van der Waals surface area contributed by atoms with E-state index in [9.17, 15) is 9.59 Å². The molecule has 0 aliphatic heterocycles. The molecule has 0 aliphatic rings. The molecule has 6 heteroatoms. The van der Waals surface area contributed by atoms with Gasteiger partial charge in [0.05, 0.1) is 0 Å². The van der Waals surface area contributed by atoms with Gasteiger partial charge in [-0.15, -0.1) is 0 Å². The van der Waals surface area contributed by atoms with Gasteiger partial charge in [0.25, 0.3) is 0 Å². The molecule has 0 aromatic carbocycles. The van der Waals surface area contributed by atoms with Gasteiger partial charge in [-0.2, -0.15) is 11.8 Å². The van der Waals surface area contributed by atoms with Crippen LogP contribution in [-0.4, -0.2) is 46.2 Å². The van der Waals surface area contributed by atoms with Gasteiger partial charge in [0.2, 0.25) is 5.91 Å². The number of thioether (sulfide) groups is 1. The van der Waals surface area contributed by atoms with Gasteiger partial charge >= 0.3 is 5.97 Å². The predicted octanol–water partition coefficient (Wildman–Crippen LogP) is -0.309. The normalized spacial score (nSPS) is 12.1. The first kappa shape index (κ1) is 13.2. The van der Waals surface area contributed by atoms with E-state index in [0.717, 1.165) is 0 Å². The molecule has 0 saturated carbocycles. The molecule has 1 amide bonds. The first-order valence-corrected chi connectivity index (χ1v) is 5.42. The van der Waals surface area contributed by atoms with Crippen LogP contribution in [0.3, 0.4) is 0 Å². The zero-order chi connectivity index (χ0) is 11.0. The SMILES string of the molecule is CC(=O)[15NH][13C@@H]([13CH2]SCCCO)[13C](=O)O. The Hall–Kier alpha value is -0.750. The molecule has 1 atom stereocenters. The van der Waals surface area contributed by atoms with Gasteiger partial charge in [-0.05, 0) is 12.2 Å². The van der Waals surface area contributed by atoms with Crippen LogP contribution in [0.4, 0.5) is 0 Å². The maximum Gasteiger partial charge on any atom is 0.327 e. The Bertz CT molecular complexity index is 198. The van der Waals surface area contributed by atoms with Crippen LogP contribution in [0, 0.1) is 0 Å². The molecule has 0 unspecified atom stereocenters. The highest BCUT2D eigenvalue weighted by Gasteiger charge is 2.17. The van der Waals surface area contributed by atoms with Crippen molar-refractivity contribution < 1.29 is 19.8 Å². The minimum atomic E-state index is -1.03. The number of nitrogens with one attached hydrogen (secondary N) is 1. The maximum absolute atomic E-state index is 10.6. The zero-order valence-electron chi connectivity index (χ0n) is 8.02. The van der Waals surface area contributed by atoms with E-state index in [-0.39, 0.29) is 12.5 Å². The van der Waals surface area contributed by atoms with Crippen LogP contribution in [-0.2, 0) is 9.59 Å². The summed E-state index contributed by atoms with van der Waals surface area (Å²) >= 11 is 1.40. The summed E-state index contributed by atoms with van der Waals surface area (Å²) in [6.07, 6.45) is 0.636. The monoisotopic (exact) mass is 225 g/mol. The molecule has 0 aromatic rings. The number of aliphatic hydroxyl groups excluding tert-OH is 1. The fourth-order valence-corrected chi connectivity index (χ4v) is 1.75. The molecule has 0 rings (SSSR count). The van der Waals surface area contributed by atoms with Crippen LogP contribution in [0.25, 0.3) is 0 Å². The fourth-order valence-electron chi connectivity index (χ4n) is 0.788. The van der Waals surface area contributed by atoms with Crippen molar-refractivity contribution >= 4 is 23.6 Å². The van der Waals surface area contributed by atoms with Crippen LogP contribution >= 0.6 is 11.8 Å². The van der Waals surface area contributed by atoms with Crippen LogP contribution in [0.1, 0.15) is 13.3 Å². The Morgan fingerprint density at radius 3 is 2.57 bits per heavy atom. The van der Waals surface area contributed by atoms with Gasteiger partial charge in [-0.3, -0.25) is 4.79 Å². The first-order valence-electron chi connectivity index (χ1n) is 4.26. The van der Waals surface area contributed by atoms with Crippen molar-refractivity contribution in [2.45, 2.75) is 19.4 Å². The summed E-state index contributed by atoms with van der Waals surface area (Å²) in [4.78, 5) is 21.2. The lowest BCUT2D eigenvalue weighted by Gasteiger charge is -2.12. The largest absolute Gasteiger partial charge is 0.480 e. The molecule has 0 saturated heterocycles. The summed E-state index contributed by atoms with van der Waals surface area (Å²) < 4.78 is 0. The van der Waals surface area contributed by atoms with Gasteiger partial charge in [0, 0.05) is 19.3 Å². The summed E-state index contributed by atoms with van der Waals surface area (Å²) in [5.74, 6) is -0.355. The highest BCUT2D eigenvalue weighted by Crippen LogP contribution is 2.04. The number of amides is 1. The van der Waals surface area contributed by atoms with Crippen molar-refractivity contribution in [1.29, 1.82) is 0 Å². The lowest BCUT2D eigenvalue weighted by molar-refractivity contribution is -0.140. The first-order chi connectivity index (χ1) is 6.57. The Balaban J connectivity index is 3.74. The highest BCUT2D eigenvalue weighted by molar-refractivity contribution is 7.99. The van der Waals surface area contributed by atoms with E-state index in [1.807, 2.05) is 0 Å². The van der Waals surface area contributed by atoms with E-state index in [1.54, 1.807) is 0 Å². The number of hydrogen-bond donors (Lipinski definition) is 3. The van der Waals surface area contributed by atoms with Crippen LogP contribution in [0.2, 0.25) is 0 Å². The maximum atomic E-state index is 10.6. The highest BCUT2D eigenvalue weighted by atomic mass is 32.2. The van der Waals surface area contributed by atoms with Gasteiger partial charge in [-0.25, -0.2) is 4.79 Å². The molecular weight excluding hydrogens is 210 g/mol. The lowest BCUT2D eigenvalue weighted by Crippen LogP contribution is -2.41. The van der Waals surface area contributed by atoms with Crippen molar-refractivity contribution in [3.63, 3.8) is 0 Å². The van der Waals surface area contributed by atoms with E-state index >= 15 is 0 Å². The van der Waals surface area contributed by atoms with Gasteiger partial charge in [0.1, 0.15) is 6.04 Å². The number of carboxylic acids is 1. The second kappa shape index (κ2) is 7.64.